The smallest absolute Gasteiger partial charge is 0.348 e. The Bertz CT molecular complexity index is 1360. The quantitative estimate of drug-likeness (QED) is 0.371. The van der Waals surface area contributed by atoms with Crippen LogP contribution in [0.5, 0.6) is 0 Å². The van der Waals surface area contributed by atoms with E-state index < -0.39 is 50.0 Å². The lowest BCUT2D eigenvalue weighted by Crippen LogP contribution is -2.53. The number of nitrogens with zero attached hydrogens (tertiary/aromatic N) is 2. The maximum atomic E-state index is 14.8. The van der Waals surface area contributed by atoms with E-state index in [0.717, 1.165) is 30.3 Å². The van der Waals surface area contributed by atoms with Crippen LogP contribution in [0.15, 0.2) is 47.4 Å². The van der Waals surface area contributed by atoms with E-state index in [9.17, 15) is 48.3 Å². The van der Waals surface area contributed by atoms with E-state index in [2.05, 4.69) is 0 Å². The standard InChI is InChI=1S/C25H24F8N2O3S/c1-34(2)21(36)14-35-12-11-22(39(37,38)18-7-5-17(26)6-8-18)19-9-4-16(13-15(19)3-10-20(22)35)23(27,24(28,29)30)25(31,32)33/h4-9,13,20H,3,10-12,14H2,1-2H3/t20-,22-/m1/s1. The second kappa shape index (κ2) is 9.43. The number of carbonyl (C=O) groups excluding carboxylic acids is 1. The van der Waals surface area contributed by atoms with Crippen molar-refractivity contribution in [2.75, 3.05) is 27.2 Å². The predicted molar refractivity (Wildman–Crippen MR) is 124 cm³/mol. The molecule has 1 saturated heterocycles. The van der Waals surface area contributed by atoms with Gasteiger partial charge in [0.25, 0.3) is 0 Å². The minimum absolute atomic E-state index is 0.0467. The molecule has 2 aromatic rings. The summed E-state index contributed by atoms with van der Waals surface area (Å²) in [6, 6.07) is 4.55. The van der Waals surface area contributed by atoms with E-state index >= 15 is 0 Å². The number of rotatable bonds is 5. The summed E-state index contributed by atoms with van der Waals surface area (Å²) < 4.78 is 135. The fourth-order valence-electron chi connectivity index (χ4n) is 5.65. The lowest BCUT2D eigenvalue weighted by Gasteiger charge is -2.43. The van der Waals surface area contributed by atoms with Crippen LogP contribution in [0.4, 0.5) is 35.1 Å². The molecule has 2 aliphatic rings. The van der Waals surface area contributed by atoms with Crippen LogP contribution in [0.3, 0.4) is 0 Å². The fraction of sp³-hybridized carbons (Fsp3) is 0.480. The maximum Gasteiger partial charge on any atom is 0.435 e. The summed E-state index contributed by atoms with van der Waals surface area (Å²) >= 11 is 0. The van der Waals surface area contributed by atoms with Gasteiger partial charge in [0.15, 0.2) is 9.84 Å². The van der Waals surface area contributed by atoms with Crippen molar-refractivity contribution in [2.45, 2.75) is 53.0 Å². The van der Waals surface area contributed by atoms with Crippen LogP contribution in [0, 0.1) is 5.82 Å². The number of likely N-dealkylation sites (N-methyl/N-ethyl adjacent to an activating group) is 1. The third-order valence-corrected chi connectivity index (χ3v) is 10.2. The Hall–Kier alpha value is -2.74. The van der Waals surface area contributed by atoms with Crippen LogP contribution >= 0.6 is 0 Å². The number of aryl methyl sites for hydroxylation is 1. The molecule has 0 N–H and O–H groups in total. The first kappa shape index (κ1) is 29.2. The Balaban J connectivity index is 1.93. The van der Waals surface area contributed by atoms with E-state index in [1.54, 1.807) is 4.90 Å². The van der Waals surface area contributed by atoms with Gasteiger partial charge in [-0.05, 0) is 54.7 Å². The van der Waals surface area contributed by atoms with Crippen LogP contribution in [-0.4, -0.2) is 69.7 Å². The highest BCUT2D eigenvalue weighted by molar-refractivity contribution is 7.92. The van der Waals surface area contributed by atoms with Crippen molar-refractivity contribution >= 4 is 15.7 Å². The van der Waals surface area contributed by atoms with Crippen molar-refractivity contribution in [1.82, 2.24) is 9.80 Å². The van der Waals surface area contributed by atoms with Crippen LogP contribution in [0.1, 0.15) is 29.5 Å². The Morgan fingerprint density at radius 3 is 2.13 bits per heavy atom. The van der Waals surface area contributed by atoms with E-state index in [1.807, 2.05) is 0 Å². The first-order valence-electron chi connectivity index (χ1n) is 11.8. The average Bonchev–Trinajstić information content (AvgIpc) is 3.22. The number of sulfone groups is 1. The highest BCUT2D eigenvalue weighted by atomic mass is 32.2. The number of halogens is 8. The summed E-state index contributed by atoms with van der Waals surface area (Å²) in [7, 11) is -1.45. The van der Waals surface area contributed by atoms with Crippen LogP contribution in [0.25, 0.3) is 0 Å². The zero-order chi connectivity index (χ0) is 29.2. The first-order chi connectivity index (χ1) is 17.9. The average molecular weight is 585 g/mol. The van der Waals surface area contributed by atoms with Crippen molar-refractivity contribution in [1.29, 1.82) is 0 Å². The van der Waals surface area contributed by atoms with Crippen LogP contribution in [0.2, 0.25) is 0 Å². The largest absolute Gasteiger partial charge is 0.435 e. The monoisotopic (exact) mass is 584 g/mol. The summed E-state index contributed by atoms with van der Waals surface area (Å²) in [5.74, 6) is -1.07. The van der Waals surface area contributed by atoms with Gasteiger partial charge in [0.05, 0.1) is 11.4 Å². The lowest BCUT2D eigenvalue weighted by molar-refractivity contribution is -0.348. The molecule has 0 spiro atoms. The van der Waals surface area contributed by atoms with Crippen molar-refractivity contribution in [3.8, 4) is 0 Å². The van der Waals surface area contributed by atoms with Gasteiger partial charge in [-0.15, -0.1) is 0 Å². The predicted octanol–water partition coefficient (Wildman–Crippen LogP) is 4.89. The third-order valence-electron chi connectivity index (χ3n) is 7.62. The SMILES string of the molecule is CN(C)C(=O)CN1CC[C@@]2(S(=O)(=O)c3ccc(F)cc3)c3ccc(C(F)(C(F)(F)F)C(F)(F)F)cc3CC[C@@H]12. The Morgan fingerprint density at radius 2 is 1.59 bits per heavy atom. The van der Waals surface area contributed by atoms with Gasteiger partial charge < -0.3 is 4.90 Å². The number of likely N-dealkylation sites (tertiary alicyclic amines) is 1. The molecule has 1 heterocycles. The van der Waals surface area contributed by atoms with Gasteiger partial charge in [-0.25, -0.2) is 17.2 Å². The molecule has 0 radical (unpaired) electrons. The summed E-state index contributed by atoms with van der Waals surface area (Å²) in [5.41, 5.74) is -7.62. The summed E-state index contributed by atoms with van der Waals surface area (Å²) in [4.78, 5) is 15.1. The molecule has 14 heteroatoms. The molecule has 2 atom stereocenters. The van der Waals surface area contributed by atoms with Crippen molar-refractivity contribution in [3.05, 3.63) is 65.0 Å². The van der Waals surface area contributed by atoms with E-state index in [1.165, 1.54) is 19.0 Å². The molecule has 0 saturated carbocycles. The van der Waals surface area contributed by atoms with Gasteiger partial charge in [0, 0.05) is 32.2 Å². The summed E-state index contributed by atoms with van der Waals surface area (Å²) in [6.07, 6.45) is -13.0. The number of hydrogen-bond acceptors (Lipinski definition) is 4. The number of hydrogen-bond donors (Lipinski definition) is 0. The molecule has 39 heavy (non-hydrogen) atoms. The highest BCUT2D eigenvalue weighted by Crippen LogP contribution is 2.56. The molecule has 214 valence electrons. The van der Waals surface area contributed by atoms with Gasteiger partial charge >= 0.3 is 18.0 Å². The summed E-state index contributed by atoms with van der Waals surface area (Å²) in [5, 5.41) is 0. The van der Waals surface area contributed by atoms with E-state index in [-0.39, 0.29) is 54.3 Å². The molecular weight excluding hydrogens is 560 g/mol. The topological polar surface area (TPSA) is 57.7 Å². The molecule has 1 aliphatic carbocycles. The second-order valence-electron chi connectivity index (χ2n) is 9.94. The Labute approximate surface area is 219 Å². The second-order valence-corrected chi connectivity index (χ2v) is 12.1. The molecule has 0 aromatic heterocycles. The molecule has 1 fully saturated rings. The normalized spacial score (nSPS) is 22.4. The molecule has 1 aliphatic heterocycles. The number of amides is 1. The number of fused-ring (bicyclic) bond motifs is 3. The molecule has 0 unspecified atom stereocenters. The van der Waals surface area contributed by atoms with Crippen molar-refractivity contribution in [2.24, 2.45) is 0 Å². The molecule has 2 aromatic carbocycles. The lowest BCUT2D eigenvalue weighted by atomic mass is 9.77. The minimum Gasteiger partial charge on any atom is -0.348 e. The van der Waals surface area contributed by atoms with Crippen LogP contribution < -0.4 is 0 Å². The zero-order valence-corrected chi connectivity index (χ0v) is 21.5. The first-order valence-corrected chi connectivity index (χ1v) is 13.3. The maximum absolute atomic E-state index is 14.8. The van der Waals surface area contributed by atoms with Crippen molar-refractivity contribution < 1.29 is 48.3 Å². The minimum atomic E-state index is -6.33. The molecule has 1 amide bonds. The molecule has 5 nitrogen and oxygen atoms in total. The van der Waals surface area contributed by atoms with Gasteiger partial charge in [-0.1, -0.05) is 18.2 Å². The van der Waals surface area contributed by atoms with Gasteiger partial charge in [0.1, 0.15) is 10.6 Å². The molecular formula is C25H24F8N2O3S. The highest BCUT2D eigenvalue weighted by Gasteiger charge is 2.73. The number of benzene rings is 2. The molecule has 0 bridgehead atoms. The fourth-order valence-corrected chi connectivity index (χ4v) is 8.04. The van der Waals surface area contributed by atoms with Gasteiger partial charge in [-0.3, -0.25) is 9.69 Å². The summed E-state index contributed by atoms with van der Waals surface area (Å²) in [6.45, 7) is -0.106. The van der Waals surface area contributed by atoms with E-state index in [4.69, 9.17) is 0 Å². The van der Waals surface area contributed by atoms with Crippen LogP contribution in [-0.2, 0) is 31.5 Å². The molecule has 4 rings (SSSR count). The zero-order valence-electron chi connectivity index (χ0n) is 20.7. The van der Waals surface area contributed by atoms with Gasteiger partial charge in [0.2, 0.25) is 5.91 Å². The third kappa shape index (κ3) is 4.39. The Morgan fingerprint density at radius 1 is 1.00 bits per heavy atom. The van der Waals surface area contributed by atoms with Crippen molar-refractivity contribution in [3.63, 3.8) is 0 Å². The number of alkyl halides is 7. The Kier molecular flexibility index (Phi) is 7.07. The van der Waals surface area contributed by atoms with E-state index in [0.29, 0.717) is 12.1 Å². The number of carbonyl (C=O) groups is 1. The van der Waals surface area contributed by atoms with Gasteiger partial charge in [-0.2, -0.15) is 26.3 Å².